The van der Waals surface area contributed by atoms with Crippen LogP contribution in [0, 0.1) is 18.6 Å². The average Bonchev–Trinajstić information content (AvgIpc) is 3.41. The molecule has 0 spiro atoms. The third-order valence-electron chi connectivity index (χ3n) is 4.43. The Morgan fingerprint density at radius 2 is 2.00 bits per heavy atom. The van der Waals surface area contributed by atoms with Gasteiger partial charge in [0.2, 0.25) is 5.91 Å². The highest BCUT2D eigenvalue weighted by molar-refractivity contribution is 5.93. The molecule has 6 heteroatoms. The number of nitrogens with zero attached hydrogens (tertiary/aromatic N) is 1. The van der Waals surface area contributed by atoms with E-state index in [9.17, 15) is 13.6 Å². The van der Waals surface area contributed by atoms with Crippen LogP contribution in [0.5, 0.6) is 5.75 Å². The molecule has 1 aliphatic rings. The third-order valence-corrected chi connectivity index (χ3v) is 4.43. The number of hydrogen-bond acceptors (Lipinski definition) is 3. The Morgan fingerprint density at radius 3 is 2.65 bits per heavy atom. The molecule has 1 aliphatic carbocycles. The van der Waals surface area contributed by atoms with Gasteiger partial charge < -0.3 is 10.1 Å². The van der Waals surface area contributed by atoms with Gasteiger partial charge in [0.05, 0.1) is 19.3 Å². The van der Waals surface area contributed by atoms with E-state index in [0.29, 0.717) is 17.0 Å². The molecule has 1 amide bonds. The van der Waals surface area contributed by atoms with Crippen molar-refractivity contribution in [2.75, 3.05) is 19.0 Å². The average molecular weight is 360 g/mol. The minimum Gasteiger partial charge on any atom is -0.495 e. The highest BCUT2D eigenvalue weighted by Gasteiger charge is 2.31. The Morgan fingerprint density at radius 1 is 1.23 bits per heavy atom. The number of carbonyl (C=O) groups is 1. The van der Waals surface area contributed by atoms with Gasteiger partial charge in [-0.2, -0.15) is 0 Å². The fourth-order valence-electron chi connectivity index (χ4n) is 2.92. The molecule has 3 rings (SSSR count). The maximum atomic E-state index is 13.9. The van der Waals surface area contributed by atoms with E-state index in [1.165, 1.54) is 12.1 Å². The number of rotatable bonds is 7. The van der Waals surface area contributed by atoms with Crippen LogP contribution in [-0.2, 0) is 11.3 Å². The molecule has 0 atom stereocenters. The van der Waals surface area contributed by atoms with Gasteiger partial charge in [0.15, 0.2) is 0 Å². The molecule has 0 bridgehead atoms. The number of amides is 1. The van der Waals surface area contributed by atoms with Crippen molar-refractivity contribution in [1.29, 1.82) is 0 Å². The van der Waals surface area contributed by atoms with Crippen molar-refractivity contribution >= 4 is 11.6 Å². The normalized spacial score (nSPS) is 13.7. The van der Waals surface area contributed by atoms with Crippen molar-refractivity contribution in [2.45, 2.75) is 32.4 Å². The molecule has 0 saturated heterocycles. The summed E-state index contributed by atoms with van der Waals surface area (Å²) in [5, 5.41) is 2.87. The van der Waals surface area contributed by atoms with Gasteiger partial charge in [-0.25, -0.2) is 8.78 Å². The quantitative estimate of drug-likeness (QED) is 0.815. The molecule has 138 valence electrons. The predicted molar refractivity (Wildman–Crippen MR) is 96.2 cm³/mol. The Balaban J connectivity index is 1.68. The fourth-order valence-corrected chi connectivity index (χ4v) is 2.92. The van der Waals surface area contributed by atoms with Gasteiger partial charge in [-0.05, 0) is 43.5 Å². The zero-order valence-corrected chi connectivity index (χ0v) is 14.9. The highest BCUT2D eigenvalue weighted by Crippen LogP contribution is 2.29. The Bertz CT molecular complexity index is 806. The molecule has 4 nitrogen and oxygen atoms in total. The maximum absolute atomic E-state index is 13.9. The molecule has 1 fully saturated rings. The van der Waals surface area contributed by atoms with Crippen LogP contribution in [0.1, 0.15) is 24.0 Å². The minimum absolute atomic E-state index is 0.137. The Kier molecular flexibility index (Phi) is 5.52. The lowest BCUT2D eigenvalue weighted by Gasteiger charge is -2.22. The first-order chi connectivity index (χ1) is 12.5. The fraction of sp³-hybridized carbons (Fsp3) is 0.350. The van der Waals surface area contributed by atoms with E-state index in [-0.39, 0.29) is 25.0 Å². The first kappa shape index (κ1) is 18.3. The number of methoxy groups -OCH3 is 1. The standard InChI is InChI=1S/C20H22F2N2O2/c1-13-3-8-19(26-2)18(9-13)23-20(25)12-24(16-6-7-16)11-14-4-5-15(21)10-17(14)22/h3-5,8-10,16H,6-7,11-12H2,1-2H3,(H,23,25). The lowest BCUT2D eigenvalue weighted by atomic mass is 10.2. The molecular weight excluding hydrogens is 338 g/mol. The minimum atomic E-state index is -0.603. The summed E-state index contributed by atoms with van der Waals surface area (Å²) in [5.41, 5.74) is 2.01. The molecule has 0 radical (unpaired) electrons. The van der Waals surface area contributed by atoms with Gasteiger partial charge in [-0.15, -0.1) is 0 Å². The van der Waals surface area contributed by atoms with Crippen molar-refractivity contribution in [2.24, 2.45) is 0 Å². The van der Waals surface area contributed by atoms with Crippen LogP contribution < -0.4 is 10.1 Å². The van der Waals surface area contributed by atoms with Crippen LogP contribution in [0.2, 0.25) is 0 Å². The summed E-state index contributed by atoms with van der Waals surface area (Å²) in [5.74, 6) is -0.792. The number of hydrogen-bond donors (Lipinski definition) is 1. The van der Waals surface area contributed by atoms with E-state index in [2.05, 4.69) is 5.32 Å². The summed E-state index contributed by atoms with van der Waals surface area (Å²) in [6.07, 6.45) is 1.95. The second kappa shape index (κ2) is 7.83. The van der Waals surface area contributed by atoms with Crippen LogP contribution in [0.25, 0.3) is 0 Å². The van der Waals surface area contributed by atoms with E-state index in [1.54, 1.807) is 13.2 Å². The number of carbonyl (C=O) groups excluding carboxylic acids is 1. The van der Waals surface area contributed by atoms with Crippen molar-refractivity contribution in [1.82, 2.24) is 4.90 Å². The molecule has 0 heterocycles. The molecule has 2 aromatic rings. The number of anilines is 1. The first-order valence-electron chi connectivity index (χ1n) is 8.58. The summed E-state index contributed by atoms with van der Waals surface area (Å²) < 4.78 is 32.3. The summed E-state index contributed by atoms with van der Waals surface area (Å²) in [7, 11) is 1.55. The highest BCUT2D eigenvalue weighted by atomic mass is 19.1. The van der Waals surface area contributed by atoms with Gasteiger partial charge in [0.1, 0.15) is 17.4 Å². The molecule has 0 aromatic heterocycles. The maximum Gasteiger partial charge on any atom is 0.238 e. The van der Waals surface area contributed by atoms with Gasteiger partial charge in [-0.3, -0.25) is 9.69 Å². The second-order valence-electron chi connectivity index (χ2n) is 6.62. The molecule has 0 aliphatic heterocycles. The van der Waals surface area contributed by atoms with E-state index in [0.717, 1.165) is 24.5 Å². The van der Waals surface area contributed by atoms with Gasteiger partial charge in [0, 0.05) is 24.2 Å². The zero-order chi connectivity index (χ0) is 18.7. The van der Waals surface area contributed by atoms with E-state index in [1.807, 2.05) is 24.0 Å². The van der Waals surface area contributed by atoms with Crippen molar-refractivity contribution in [3.05, 3.63) is 59.2 Å². The van der Waals surface area contributed by atoms with Crippen LogP contribution in [0.15, 0.2) is 36.4 Å². The molecular formula is C20H22F2N2O2. The van der Waals surface area contributed by atoms with Crippen LogP contribution in [-0.4, -0.2) is 30.5 Å². The number of nitrogens with one attached hydrogen (secondary N) is 1. The summed E-state index contributed by atoms with van der Waals surface area (Å²) in [4.78, 5) is 14.4. The van der Waals surface area contributed by atoms with Gasteiger partial charge >= 0.3 is 0 Å². The number of ether oxygens (including phenoxy) is 1. The van der Waals surface area contributed by atoms with E-state index in [4.69, 9.17) is 4.74 Å². The lowest BCUT2D eigenvalue weighted by molar-refractivity contribution is -0.117. The third kappa shape index (κ3) is 4.58. The Hall–Kier alpha value is -2.47. The Labute approximate surface area is 151 Å². The lowest BCUT2D eigenvalue weighted by Crippen LogP contribution is -2.34. The monoisotopic (exact) mass is 360 g/mol. The summed E-state index contributed by atoms with van der Waals surface area (Å²) in [6.45, 7) is 2.34. The summed E-state index contributed by atoms with van der Waals surface area (Å²) >= 11 is 0. The summed E-state index contributed by atoms with van der Waals surface area (Å²) in [6, 6.07) is 9.35. The number of benzene rings is 2. The molecule has 1 saturated carbocycles. The predicted octanol–water partition coefficient (Wildman–Crippen LogP) is 3.88. The zero-order valence-electron chi connectivity index (χ0n) is 14.9. The van der Waals surface area contributed by atoms with Crippen molar-refractivity contribution in [3.63, 3.8) is 0 Å². The largest absolute Gasteiger partial charge is 0.495 e. The van der Waals surface area contributed by atoms with Crippen LogP contribution >= 0.6 is 0 Å². The van der Waals surface area contributed by atoms with Crippen molar-refractivity contribution < 1.29 is 18.3 Å². The van der Waals surface area contributed by atoms with E-state index >= 15 is 0 Å². The number of aryl methyl sites for hydroxylation is 1. The molecule has 0 unspecified atom stereocenters. The number of halogens is 2. The smallest absolute Gasteiger partial charge is 0.238 e. The topological polar surface area (TPSA) is 41.6 Å². The van der Waals surface area contributed by atoms with Gasteiger partial charge in [0.25, 0.3) is 0 Å². The van der Waals surface area contributed by atoms with Gasteiger partial charge in [-0.1, -0.05) is 12.1 Å². The first-order valence-corrected chi connectivity index (χ1v) is 8.58. The molecule has 1 N–H and O–H groups in total. The SMILES string of the molecule is COc1ccc(C)cc1NC(=O)CN(Cc1ccc(F)cc1F)C1CC1. The van der Waals surface area contributed by atoms with E-state index < -0.39 is 11.6 Å². The molecule has 2 aromatic carbocycles. The van der Waals surface area contributed by atoms with Crippen LogP contribution in [0.3, 0.4) is 0 Å². The van der Waals surface area contributed by atoms with Crippen LogP contribution in [0.4, 0.5) is 14.5 Å². The second-order valence-corrected chi connectivity index (χ2v) is 6.62. The molecule has 26 heavy (non-hydrogen) atoms. The van der Waals surface area contributed by atoms with Crippen molar-refractivity contribution in [3.8, 4) is 5.75 Å².